The van der Waals surface area contributed by atoms with Gasteiger partial charge in [-0.3, -0.25) is 0 Å². The zero-order chi connectivity index (χ0) is 15.6. The van der Waals surface area contributed by atoms with Crippen LogP contribution in [0.5, 0.6) is 0 Å². The van der Waals surface area contributed by atoms with E-state index in [2.05, 4.69) is 15.4 Å². The highest BCUT2D eigenvalue weighted by atomic mass is 19.1. The first kappa shape index (κ1) is 14.2. The van der Waals surface area contributed by atoms with Gasteiger partial charge in [-0.05, 0) is 49.2 Å². The summed E-state index contributed by atoms with van der Waals surface area (Å²) in [7, 11) is 0. The van der Waals surface area contributed by atoms with Gasteiger partial charge in [-0.25, -0.2) is 13.9 Å². The molecular weight excluding hydrogens is 291 g/mol. The molecule has 3 aromatic rings. The summed E-state index contributed by atoms with van der Waals surface area (Å²) < 4.78 is 14.9. The lowest BCUT2D eigenvalue weighted by Crippen LogP contribution is -2.23. The predicted octanol–water partition coefficient (Wildman–Crippen LogP) is 4.28. The molecule has 0 amide bonds. The van der Waals surface area contributed by atoms with E-state index < -0.39 is 0 Å². The van der Waals surface area contributed by atoms with E-state index >= 15 is 0 Å². The van der Waals surface area contributed by atoms with Gasteiger partial charge in [0, 0.05) is 11.6 Å². The third-order valence-corrected chi connectivity index (χ3v) is 4.46. The van der Waals surface area contributed by atoms with Crippen molar-refractivity contribution in [2.24, 2.45) is 0 Å². The molecule has 0 spiro atoms. The standard InChI is InChI=1S/C18H19FN4/c19-14-8-6-13(7-9-14)16-12-20-18-11-10-17(22-23(16)18)21-15-4-2-1-3-5-15/h6-12,15H,1-5H2,(H,21,22). The minimum atomic E-state index is -0.241. The summed E-state index contributed by atoms with van der Waals surface area (Å²) in [6.45, 7) is 0. The van der Waals surface area contributed by atoms with Crippen molar-refractivity contribution in [3.63, 3.8) is 0 Å². The Labute approximate surface area is 134 Å². The van der Waals surface area contributed by atoms with Crippen LogP contribution in [0.15, 0.2) is 42.6 Å². The second kappa shape index (κ2) is 5.99. The van der Waals surface area contributed by atoms with Crippen molar-refractivity contribution in [1.29, 1.82) is 0 Å². The van der Waals surface area contributed by atoms with Crippen LogP contribution in [-0.4, -0.2) is 20.6 Å². The van der Waals surface area contributed by atoms with Gasteiger partial charge in [0.15, 0.2) is 5.65 Å². The number of aromatic nitrogens is 3. The average Bonchev–Trinajstić information content (AvgIpc) is 3.00. The van der Waals surface area contributed by atoms with Crippen LogP contribution in [0.4, 0.5) is 10.2 Å². The van der Waals surface area contributed by atoms with Crippen LogP contribution in [0.2, 0.25) is 0 Å². The fourth-order valence-electron chi connectivity index (χ4n) is 3.22. The Morgan fingerprint density at radius 1 is 1.00 bits per heavy atom. The molecule has 1 aromatic carbocycles. The zero-order valence-electron chi connectivity index (χ0n) is 12.9. The molecule has 1 N–H and O–H groups in total. The van der Waals surface area contributed by atoms with Crippen LogP contribution >= 0.6 is 0 Å². The monoisotopic (exact) mass is 310 g/mol. The number of hydrogen-bond donors (Lipinski definition) is 1. The molecule has 2 aromatic heterocycles. The van der Waals surface area contributed by atoms with Crippen LogP contribution in [0, 0.1) is 5.82 Å². The Balaban J connectivity index is 1.66. The van der Waals surface area contributed by atoms with Crippen molar-refractivity contribution in [3.05, 3.63) is 48.4 Å². The van der Waals surface area contributed by atoms with Gasteiger partial charge in [-0.2, -0.15) is 0 Å². The van der Waals surface area contributed by atoms with E-state index in [4.69, 9.17) is 0 Å². The molecule has 0 saturated heterocycles. The van der Waals surface area contributed by atoms with E-state index in [1.807, 2.05) is 16.6 Å². The van der Waals surface area contributed by atoms with E-state index in [0.717, 1.165) is 22.7 Å². The fraction of sp³-hybridized carbons (Fsp3) is 0.333. The second-order valence-electron chi connectivity index (χ2n) is 6.12. The van der Waals surface area contributed by atoms with E-state index in [1.54, 1.807) is 18.3 Å². The highest BCUT2D eigenvalue weighted by molar-refractivity contribution is 5.63. The molecule has 4 nitrogen and oxygen atoms in total. The van der Waals surface area contributed by atoms with Gasteiger partial charge in [-0.1, -0.05) is 19.3 Å². The minimum Gasteiger partial charge on any atom is -0.366 e. The molecule has 118 valence electrons. The average molecular weight is 310 g/mol. The minimum absolute atomic E-state index is 0.241. The summed E-state index contributed by atoms with van der Waals surface area (Å²) in [4.78, 5) is 4.38. The maximum Gasteiger partial charge on any atom is 0.154 e. The number of benzene rings is 1. The molecule has 0 aliphatic heterocycles. The molecule has 0 atom stereocenters. The number of rotatable bonds is 3. The normalized spacial score (nSPS) is 15.9. The Bertz CT molecular complexity index is 804. The van der Waals surface area contributed by atoms with Crippen LogP contribution in [-0.2, 0) is 0 Å². The number of nitrogens with zero attached hydrogens (tertiary/aromatic N) is 3. The van der Waals surface area contributed by atoms with Gasteiger partial charge in [0.25, 0.3) is 0 Å². The molecule has 23 heavy (non-hydrogen) atoms. The maximum absolute atomic E-state index is 13.1. The quantitative estimate of drug-likeness (QED) is 0.785. The lowest BCUT2D eigenvalue weighted by Gasteiger charge is -2.23. The van der Waals surface area contributed by atoms with Crippen molar-refractivity contribution in [1.82, 2.24) is 14.6 Å². The first-order valence-corrected chi connectivity index (χ1v) is 8.17. The van der Waals surface area contributed by atoms with Crippen molar-refractivity contribution >= 4 is 11.5 Å². The molecule has 2 heterocycles. The van der Waals surface area contributed by atoms with Gasteiger partial charge in [-0.15, -0.1) is 5.10 Å². The Morgan fingerprint density at radius 3 is 2.57 bits per heavy atom. The van der Waals surface area contributed by atoms with Crippen LogP contribution < -0.4 is 5.32 Å². The Morgan fingerprint density at radius 2 is 1.78 bits per heavy atom. The van der Waals surface area contributed by atoms with Crippen molar-refractivity contribution < 1.29 is 4.39 Å². The SMILES string of the molecule is Fc1ccc(-c2cnc3ccc(NC4CCCCC4)nn23)cc1. The summed E-state index contributed by atoms with van der Waals surface area (Å²) in [6, 6.07) is 10.9. The largest absolute Gasteiger partial charge is 0.366 e. The predicted molar refractivity (Wildman–Crippen MR) is 88.9 cm³/mol. The lowest BCUT2D eigenvalue weighted by molar-refractivity contribution is 0.461. The summed E-state index contributed by atoms with van der Waals surface area (Å²) in [5.74, 6) is 0.626. The summed E-state index contributed by atoms with van der Waals surface area (Å²) in [5, 5.41) is 8.21. The zero-order valence-corrected chi connectivity index (χ0v) is 12.9. The number of hydrogen-bond acceptors (Lipinski definition) is 3. The smallest absolute Gasteiger partial charge is 0.154 e. The molecule has 1 fully saturated rings. The van der Waals surface area contributed by atoms with Crippen molar-refractivity contribution in [2.45, 2.75) is 38.1 Å². The number of fused-ring (bicyclic) bond motifs is 1. The molecule has 1 aliphatic carbocycles. The molecule has 0 radical (unpaired) electrons. The highest BCUT2D eigenvalue weighted by Crippen LogP contribution is 2.23. The topological polar surface area (TPSA) is 42.2 Å². The summed E-state index contributed by atoms with van der Waals surface area (Å²) >= 11 is 0. The van der Waals surface area contributed by atoms with Gasteiger partial charge in [0.2, 0.25) is 0 Å². The van der Waals surface area contributed by atoms with E-state index in [0.29, 0.717) is 6.04 Å². The van der Waals surface area contributed by atoms with E-state index in [1.165, 1.54) is 44.2 Å². The van der Waals surface area contributed by atoms with Crippen molar-refractivity contribution in [2.75, 3.05) is 5.32 Å². The number of nitrogens with one attached hydrogen (secondary N) is 1. The summed E-state index contributed by atoms with van der Waals surface area (Å²) in [5.41, 5.74) is 2.56. The Kier molecular flexibility index (Phi) is 3.69. The molecular formula is C18H19FN4. The van der Waals surface area contributed by atoms with E-state index in [-0.39, 0.29) is 5.82 Å². The van der Waals surface area contributed by atoms with Gasteiger partial charge in [0.05, 0.1) is 11.9 Å². The van der Waals surface area contributed by atoms with Crippen LogP contribution in [0.3, 0.4) is 0 Å². The first-order valence-electron chi connectivity index (χ1n) is 8.17. The van der Waals surface area contributed by atoms with E-state index in [9.17, 15) is 4.39 Å². The lowest BCUT2D eigenvalue weighted by atomic mass is 9.95. The molecule has 0 bridgehead atoms. The fourth-order valence-corrected chi connectivity index (χ4v) is 3.22. The third kappa shape index (κ3) is 2.91. The number of anilines is 1. The first-order chi connectivity index (χ1) is 11.3. The van der Waals surface area contributed by atoms with Gasteiger partial charge < -0.3 is 5.32 Å². The van der Waals surface area contributed by atoms with Crippen LogP contribution in [0.25, 0.3) is 16.9 Å². The van der Waals surface area contributed by atoms with Crippen molar-refractivity contribution in [3.8, 4) is 11.3 Å². The third-order valence-electron chi connectivity index (χ3n) is 4.46. The molecule has 0 unspecified atom stereocenters. The van der Waals surface area contributed by atoms with Crippen LogP contribution in [0.1, 0.15) is 32.1 Å². The maximum atomic E-state index is 13.1. The molecule has 1 saturated carbocycles. The number of halogens is 1. The second-order valence-corrected chi connectivity index (χ2v) is 6.12. The summed E-state index contributed by atoms with van der Waals surface area (Å²) in [6.07, 6.45) is 8.08. The molecule has 4 rings (SSSR count). The molecule has 5 heteroatoms. The highest BCUT2D eigenvalue weighted by Gasteiger charge is 2.14. The Hall–Kier alpha value is -2.43. The molecule has 1 aliphatic rings. The van der Waals surface area contributed by atoms with Gasteiger partial charge >= 0.3 is 0 Å². The van der Waals surface area contributed by atoms with Gasteiger partial charge in [0.1, 0.15) is 11.6 Å². The number of imidazole rings is 1.